The second kappa shape index (κ2) is 5.45. The molecule has 1 saturated heterocycles. The monoisotopic (exact) mass is 271 g/mol. The SMILES string of the molecule is CCC1(C)CC(Nc2ccc(Cl)cc2F)CCO1. The maximum Gasteiger partial charge on any atom is 0.147 e. The van der Waals surface area contributed by atoms with E-state index >= 15 is 0 Å². The highest BCUT2D eigenvalue weighted by Crippen LogP contribution is 2.30. The Kier molecular flexibility index (Phi) is 4.13. The molecular weight excluding hydrogens is 253 g/mol. The van der Waals surface area contributed by atoms with Gasteiger partial charge in [0.15, 0.2) is 0 Å². The maximum absolute atomic E-state index is 13.7. The van der Waals surface area contributed by atoms with Crippen molar-refractivity contribution in [2.24, 2.45) is 0 Å². The lowest BCUT2D eigenvalue weighted by Gasteiger charge is -2.38. The Morgan fingerprint density at radius 3 is 3.00 bits per heavy atom. The maximum atomic E-state index is 13.7. The molecule has 1 N–H and O–H groups in total. The third-order valence-electron chi connectivity index (χ3n) is 3.63. The predicted octanol–water partition coefficient (Wildman–Crippen LogP) is 4.24. The van der Waals surface area contributed by atoms with Crippen LogP contribution in [-0.4, -0.2) is 18.2 Å². The molecule has 100 valence electrons. The van der Waals surface area contributed by atoms with Gasteiger partial charge in [-0.1, -0.05) is 18.5 Å². The predicted molar refractivity (Wildman–Crippen MR) is 72.7 cm³/mol. The van der Waals surface area contributed by atoms with Gasteiger partial charge in [0.05, 0.1) is 11.3 Å². The van der Waals surface area contributed by atoms with Crippen LogP contribution in [-0.2, 0) is 4.74 Å². The average Bonchev–Trinajstić information content (AvgIpc) is 2.33. The molecule has 0 radical (unpaired) electrons. The summed E-state index contributed by atoms with van der Waals surface area (Å²) in [4.78, 5) is 0. The molecule has 0 aromatic heterocycles. The van der Waals surface area contributed by atoms with Crippen LogP contribution in [0.15, 0.2) is 18.2 Å². The van der Waals surface area contributed by atoms with Gasteiger partial charge in [-0.05, 0) is 44.4 Å². The van der Waals surface area contributed by atoms with Crippen LogP contribution >= 0.6 is 11.6 Å². The standard InChI is InChI=1S/C14H19ClFNO/c1-3-14(2)9-11(6-7-18-14)17-13-5-4-10(15)8-12(13)16/h4-5,8,11,17H,3,6-7,9H2,1-2H3. The fraction of sp³-hybridized carbons (Fsp3) is 0.571. The van der Waals surface area contributed by atoms with Crippen molar-refractivity contribution in [3.05, 3.63) is 29.0 Å². The molecule has 2 rings (SSSR count). The van der Waals surface area contributed by atoms with Gasteiger partial charge in [-0.15, -0.1) is 0 Å². The molecule has 1 aromatic rings. The topological polar surface area (TPSA) is 21.3 Å². The zero-order chi connectivity index (χ0) is 13.2. The number of hydrogen-bond acceptors (Lipinski definition) is 2. The van der Waals surface area contributed by atoms with Gasteiger partial charge in [0, 0.05) is 17.7 Å². The molecule has 1 heterocycles. The quantitative estimate of drug-likeness (QED) is 0.888. The highest BCUT2D eigenvalue weighted by molar-refractivity contribution is 6.30. The van der Waals surface area contributed by atoms with Crippen molar-refractivity contribution in [2.45, 2.75) is 44.8 Å². The van der Waals surface area contributed by atoms with Crippen LogP contribution < -0.4 is 5.32 Å². The molecule has 2 unspecified atom stereocenters. The van der Waals surface area contributed by atoms with E-state index in [1.165, 1.54) is 6.07 Å². The van der Waals surface area contributed by atoms with Gasteiger partial charge >= 0.3 is 0 Å². The fourth-order valence-corrected chi connectivity index (χ4v) is 2.48. The molecule has 0 aliphatic carbocycles. The molecule has 0 bridgehead atoms. The van der Waals surface area contributed by atoms with E-state index < -0.39 is 0 Å². The molecule has 2 atom stereocenters. The molecule has 0 spiro atoms. The Morgan fingerprint density at radius 2 is 2.33 bits per heavy atom. The molecule has 2 nitrogen and oxygen atoms in total. The molecular formula is C14H19ClFNO. The number of rotatable bonds is 3. The molecule has 0 amide bonds. The zero-order valence-electron chi connectivity index (χ0n) is 10.8. The lowest BCUT2D eigenvalue weighted by molar-refractivity contribution is -0.0709. The molecule has 1 aromatic carbocycles. The third-order valence-corrected chi connectivity index (χ3v) is 3.87. The minimum Gasteiger partial charge on any atom is -0.380 e. The summed E-state index contributed by atoms with van der Waals surface area (Å²) in [6.07, 6.45) is 2.76. The minimum atomic E-state index is -0.299. The lowest BCUT2D eigenvalue weighted by atomic mass is 9.90. The Hall–Kier alpha value is -0.800. The van der Waals surface area contributed by atoms with Gasteiger partial charge in [-0.3, -0.25) is 0 Å². The van der Waals surface area contributed by atoms with Crippen LogP contribution in [0.5, 0.6) is 0 Å². The van der Waals surface area contributed by atoms with E-state index in [1.807, 2.05) is 0 Å². The molecule has 0 saturated carbocycles. The zero-order valence-corrected chi connectivity index (χ0v) is 11.6. The molecule has 1 aliphatic rings. The minimum absolute atomic E-state index is 0.0984. The summed E-state index contributed by atoms with van der Waals surface area (Å²) in [5, 5.41) is 3.67. The van der Waals surface area contributed by atoms with E-state index in [0.717, 1.165) is 25.9 Å². The van der Waals surface area contributed by atoms with Crippen LogP contribution in [0, 0.1) is 5.82 Å². The van der Waals surface area contributed by atoms with E-state index in [9.17, 15) is 4.39 Å². The summed E-state index contributed by atoms with van der Waals surface area (Å²) in [6.45, 7) is 4.95. The molecule has 1 fully saturated rings. The van der Waals surface area contributed by atoms with Crippen molar-refractivity contribution < 1.29 is 9.13 Å². The molecule has 4 heteroatoms. The van der Waals surface area contributed by atoms with Crippen molar-refractivity contribution in [1.82, 2.24) is 0 Å². The van der Waals surface area contributed by atoms with Crippen LogP contribution in [0.2, 0.25) is 5.02 Å². The summed E-state index contributed by atoms with van der Waals surface area (Å²) < 4.78 is 19.5. The lowest BCUT2D eigenvalue weighted by Crippen LogP contribution is -2.42. The molecule has 18 heavy (non-hydrogen) atoms. The second-order valence-electron chi connectivity index (χ2n) is 5.11. The highest BCUT2D eigenvalue weighted by atomic mass is 35.5. The van der Waals surface area contributed by atoms with Crippen molar-refractivity contribution in [3.63, 3.8) is 0 Å². The molecule has 1 aliphatic heterocycles. The summed E-state index contributed by atoms with van der Waals surface area (Å²) in [7, 11) is 0. The second-order valence-corrected chi connectivity index (χ2v) is 5.55. The Balaban J connectivity index is 2.05. The van der Waals surface area contributed by atoms with Crippen molar-refractivity contribution >= 4 is 17.3 Å². The number of halogens is 2. The van der Waals surface area contributed by atoms with Crippen LogP contribution in [0.25, 0.3) is 0 Å². The normalized spacial score (nSPS) is 28.1. The van der Waals surface area contributed by atoms with Gasteiger partial charge in [0.1, 0.15) is 5.82 Å². The number of hydrogen-bond donors (Lipinski definition) is 1. The first-order valence-corrected chi connectivity index (χ1v) is 6.76. The van der Waals surface area contributed by atoms with Gasteiger partial charge in [0.2, 0.25) is 0 Å². The van der Waals surface area contributed by atoms with Crippen molar-refractivity contribution in [1.29, 1.82) is 0 Å². The third kappa shape index (κ3) is 3.15. The summed E-state index contributed by atoms with van der Waals surface area (Å²) >= 11 is 5.74. The fourth-order valence-electron chi connectivity index (χ4n) is 2.33. The van der Waals surface area contributed by atoms with E-state index in [0.29, 0.717) is 10.7 Å². The number of anilines is 1. The van der Waals surface area contributed by atoms with E-state index in [-0.39, 0.29) is 17.5 Å². The first-order valence-electron chi connectivity index (χ1n) is 6.38. The number of ether oxygens (including phenoxy) is 1. The number of nitrogens with one attached hydrogen (secondary N) is 1. The van der Waals surface area contributed by atoms with Gasteiger partial charge in [0.25, 0.3) is 0 Å². The average molecular weight is 272 g/mol. The Bertz CT molecular complexity index is 426. The van der Waals surface area contributed by atoms with E-state index in [2.05, 4.69) is 19.2 Å². The largest absolute Gasteiger partial charge is 0.380 e. The number of benzene rings is 1. The van der Waals surface area contributed by atoms with Gasteiger partial charge < -0.3 is 10.1 Å². The van der Waals surface area contributed by atoms with Crippen LogP contribution in [0.4, 0.5) is 10.1 Å². The van der Waals surface area contributed by atoms with Gasteiger partial charge in [-0.25, -0.2) is 4.39 Å². The van der Waals surface area contributed by atoms with E-state index in [4.69, 9.17) is 16.3 Å². The summed E-state index contributed by atoms with van der Waals surface area (Å²) in [6, 6.07) is 4.98. The first-order chi connectivity index (χ1) is 8.52. The Morgan fingerprint density at radius 1 is 1.56 bits per heavy atom. The van der Waals surface area contributed by atoms with E-state index in [1.54, 1.807) is 12.1 Å². The van der Waals surface area contributed by atoms with Crippen molar-refractivity contribution in [2.75, 3.05) is 11.9 Å². The highest BCUT2D eigenvalue weighted by Gasteiger charge is 2.31. The van der Waals surface area contributed by atoms with Crippen LogP contribution in [0.3, 0.4) is 0 Å². The van der Waals surface area contributed by atoms with Gasteiger partial charge in [-0.2, -0.15) is 0 Å². The first kappa shape index (κ1) is 13.6. The smallest absolute Gasteiger partial charge is 0.147 e. The van der Waals surface area contributed by atoms with Crippen LogP contribution in [0.1, 0.15) is 33.1 Å². The van der Waals surface area contributed by atoms with Crippen molar-refractivity contribution in [3.8, 4) is 0 Å². The summed E-state index contributed by atoms with van der Waals surface area (Å²) in [5.41, 5.74) is 0.420. The Labute approximate surface area is 112 Å². The summed E-state index contributed by atoms with van der Waals surface area (Å²) in [5.74, 6) is -0.299.